The first kappa shape index (κ1) is 16.3. The number of anilines is 1. The molecule has 10 heteroatoms. The Labute approximate surface area is 128 Å². The summed E-state index contributed by atoms with van der Waals surface area (Å²) in [5, 5.41) is 18.1. The minimum absolute atomic E-state index is 0.124. The normalized spacial score (nSPS) is 18.9. The molecule has 0 spiro atoms. The van der Waals surface area contributed by atoms with Gasteiger partial charge in [0, 0.05) is 12.6 Å². The number of alkyl halides is 3. The van der Waals surface area contributed by atoms with E-state index in [-0.39, 0.29) is 23.5 Å². The molecule has 0 amide bonds. The van der Waals surface area contributed by atoms with Crippen LogP contribution in [-0.4, -0.2) is 34.3 Å². The Morgan fingerprint density at radius 2 is 2.32 bits per heavy atom. The maximum absolute atomic E-state index is 12.5. The van der Waals surface area contributed by atoms with Crippen molar-refractivity contribution >= 4 is 28.8 Å². The fourth-order valence-corrected chi connectivity index (χ4v) is 1.98. The highest BCUT2D eigenvalue weighted by molar-refractivity contribution is 6.41. The van der Waals surface area contributed by atoms with Crippen molar-refractivity contribution < 1.29 is 23.2 Å². The van der Waals surface area contributed by atoms with Gasteiger partial charge in [-0.3, -0.25) is 0 Å². The van der Waals surface area contributed by atoms with Crippen molar-refractivity contribution in [1.82, 2.24) is 4.98 Å². The van der Waals surface area contributed by atoms with Gasteiger partial charge in [0.05, 0.1) is 17.1 Å². The van der Waals surface area contributed by atoms with Crippen LogP contribution in [0.1, 0.15) is 18.9 Å². The summed E-state index contributed by atoms with van der Waals surface area (Å²) in [7, 11) is 0. The lowest BCUT2D eigenvalue weighted by Gasteiger charge is -2.13. The lowest BCUT2D eigenvalue weighted by atomic mass is 10.1. The Kier molecular flexibility index (Phi) is 4.74. The van der Waals surface area contributed by atoms with E-state index in [0.29, 0.717) is 24.0 Å². The molecule has 2 heterocycles. The topological polar surface area (TPSA) is 79.1 Å². The summed E-state index contributed by atoms with van der Waals surface area (Å²) in [6.07, 6.45) is -3.74. The van der Waals surface area contributed by atoms with Crippen LogP contribution < -0.4 is 5.32 Å². The van der Waals surface area contributed by atoms with Crippen molar-refractivity contribution in [1.29, 1.82) is 0 Å². The first-order valence-corrected chi connectivity index (χ1v) is 6.57. The van der Waals surface area contributed by atoms with E-state index in [1.54, 1.807) is 6.92 Å². The third-order valence-electron chi connectivity index (χ3n) is 2.97. The molecule has 2 N–H and O–H groups in total. The molecule has 1 aromatic heterocycles. The second-order valence-electron chi connectivity index (χ2n) is 4.59. The van der Waals surface area contributed by atoms with Crippen LogP contribution in [0.3, 0.4) is 0 Å². The number of rotatable bonds is 4. The Hall–Kier alpha value is -2.03. The smallest absolute Gasteiger partial charge is 0.411 e. The summed E-state index contributed by atoms with van der Waals surface area (Å²) >= 11 is 5.78. The van der Waals surface area contributed by atoms with Gasteiger partial charge >= 0.3 is 6.18 Å². The SMILES string of the molecule is C/C(=N\O)C1=NOC(CNc2ncc(C(F)(F)F)cc2Cl)C1. The van der Waals surface area contributed by atoms with Crippen LogP contribution in [0, 0.1) is 0 Å². The Morgan fingerprint density at radius 3 is 2.91 bits per heavy atom. The van der Waals surface area contributed by atoms with Gasteiger partial charge in [0.25, 0.3) is 0 Å². The summed E-state index contributed by atoms with van der Waals surface area (Å²) in [5.41, 5.74) is -0.0745. The summed E-state index contributed by atoms with van der Waals surface area (Å²) in [6.45, 7) is 1.82. The molecular formula is C12H12ClF3N4O2. The summed E-state index contributed by atoms with van der Waals surface area (Å²) < 4.78 is 37.5. The van der Waals surface area contributed by atoms with Crippen LogP contribution in [-0.2, 0) is 11.0 Å². The van der Waals surface area contributed by atoms with Gasteiger partial charge in [-0.15, -0.1) is 0 Å². The van der Waals surface area contributed by atoms with E-state index in [1.807, 2.05) is 0 Å². The standard InChI is InChI=1S/C12H12ClF3N4O2/c1-6(19-21)10-3-8(22-20-10)5-18-11-9(13)2-7(4-17-11)12(14,15)16/h2,4,8,21H,3,5H2,1H3,(H,17,18)/b19-6+. The van der Waals surface area contributed by atoms with Gasteiger partial charge in [0.15, 0.2) is 0 Å². The summed E-state index contributed by atoms with van der Waals surface area (Å²) in [5.74, 6) is 0.124. The molecule has 22 heavy (non-hydrogen) atoms. The molecule has 0 radical (unpaired) electrons. The molecule has 1 aliphatic heterocycles. The number of aromatic nitrogens is 1. The highest BCUT2D eigenvalue weighted by atomic mass is 35.5. The van der Waals surface area contributed by atoms with Crippen molar-refractivity contribution in [3.8, 4) is 0 Å². The molecule has 2 rings (SSSR count). The summed E-state index contributed by atoms with van der Waals surface area (Å²) in [6, 6.07) is 0.802. The minimum Gasteiger partial charge on any atom is -0.411 e. The molecule has 0 fully saturated rings. The van der Waals surface area contributed by atoms with Gasteiger partial charge in [-0.1, -0.05) is 21.9 Å². The molecule has 1 aromatic rings. The van der Waals surface area contributed by atoms with E-state index < -0.39 is 11.7 Å². The predicted molar refractivity (Wildman–Crippen MR) is 74.6 cm³/mol. The van der Waals surface area contributed by atoms with Crippen LogP contribution in [0.15, 0.2) is 22.6 Å². The van der Waals surface area contributed by atoms with Crippen LogP contribution in [0.4, 0.5) is 19.0 Å². The van der Waals surface area contributed by atoms with Gasteiger partial charge in [-0.05, 0) is 13.0 Å². The second kappa shape index (κ2) is 6.39. The fraction of sp³-hybridized carbons (Fsp3) is 0.417. The third kappa shape index (κ3) is 3.79. The lowest BCUT2D eigenvalue weighted by Crippen LogP contribution is -2.22. The molecule has 0 aliphatic carbocycles. The number of nitrogens with one attached hydrogen (secondary N) is 1. The molecule has 0 saturated carbocycles. The molecule has 6 nitrogen and oxygen atoms in total. The molecule has 1 atom stereocenters. The lowest BCUT2D eigenvalue weighted by molar-refractivity contribution is -0.137. The van der Waals surface area contributed by atoms with Gasteiger partial charge in [0.2, 0.25) is 0 Å². The quantitative estimate of drug-likeness (QED) is 0.503. The fourth-order valence-electron chi connectivity index (χ4n) is 1.74. The first-order chi connectivity index (χ1) is 10.3. The Bertz CT molecular complexity index is 619. The average Bonchev–Trinajstić information content (AvgIpc) is 2.93. The number of halogens is 4. The molecule has 1 unspecified atom stereocenters. The molecule has 1 aliphatic rings. The monoisotopic (exact) mass is 336 g/mol. The van der Waals surface area contributed by atoms with E-state index in [4.69, 9.17) is 21.6 Å². The van der Waals surface area contributed by atoms with Crippen LogP contribution >= 0.6 is 11.6 Å². The molecule has 120 valence electrons. The van der Waals surface area contributed by atoms with Gasteiger partial charge in [0.1, 0.15) is 23.3 Å². The molecule has 0 saturated heterocycles. The van der Waals surface area contributed by atoms with Crippen LogP contribution in [0.25, 0.3) is 0 Å². The zero-order valence-corrected chi connectivity index (χ0v) is 12.1. The number of pyridine rings is 1. The first-order valence-electron chi connectivity index (χ1n) is 6.19. The van der Waals surface area contributed by atoms with E-state index in [9.17, 15) is 13.2 Å². The zero-order valence-electron chi connectivity index (χ0n) is 11.4. The van der Waals surface area contributed by atoms with Gasteiger partial charge in [-0.25, -0.2) is 4.98 Å². The number of oxime groups is 2. The Morgan fingerprint density at radius 1 is 1.59 bits per heavy atom. The molecule has 0 bridgehead atoms. The maximum atomic E-state index is 12.5. The highest BCUT2D eigenvalue weighted by Gasteiger charge is 2.31. The van der Waals surface area contributed by atoms with E-state index in [1.165, 1.54) is 0 Å². The van der Waals surface area contributed by atoms with E-state index >= 15 is 0 Å². The van der Waals surface area contributed by atoms with Crippen molar-refractivity contribution in [3.63, 3.8) is 0 Å². The molecular weight excluding hydrogens is 325 g/mol. The average molecular weight is 337 g/mol. The van der Waals surface area contributed by atoms with Crippen LogP contribution in [0.2, 0.25) is 5.02 Å². The van der Waals surface area contributed by atoms with E-state index in [2.05, 4.69) is 20.6 Å². The van der Waals surface area contributed by atoms with Crippen molar-refractivity contribution in [2.75, 3.05) is 11.9 Å². The number of hydrogen-bond acceptors (Lipinski definition) is 6. The van der Waals surface area contributed by atoms with Crippen molar-refractivity contribution in [2.24, 2.45) is 10.3 Å². The highest BCUT2D eigenvalue weighted by Crippen LogP contribution is 2.32. The number of nitrogens with zero attached hydrogens (tertiary/aromatic N) is 3. The Balaban J connectivity index is 1.94. The zero-order chi connectivity index (χ0) is 16.3. The van der Waals surface area contributed by atoms with Crippen LogP contribution in [0.5, 0.6) is 0 Å². The van der Waals surface area contributed by atoms with E-state index in [0.717, 1.165) is 6.07 Å². The largest absolute Gasteiger partial charge is 0.417 e. The predicted octanol–water partition coefficient (Wildman–Crippen LogP) is 3.16. The van der Waals surface area contributed by atoms with Crippen molar-refractivity contribution in [3.05, 3.63) is 22.8 Å². The maximum Gasteiger partial charge on any atom is 0.417 e. The minimum atomic E-state index is -4.49. The third-order valence-corrected chi connectivity index (χ3v) is 3.25. The summed E-state index contributed by atoms with van der Waals surface area (Å²) in [4.78, 5) is 8.77. The van der Waals surface area contributed by atoms with Gasteiger partial charge < -0.3 is 15.4 Å². The molecule has 0 aromatic carbocycles. The second-order valence-corrected chi connectivity index (χ2v) is 5.00. The number of hydrogen-bond donors (Lipinski definition) is 2. The van der Waals surface area contributed by atoms with Crippen molar-refractivity contribution in [2.45, 2.75) is 25.6 Å². The van der Waals surface area contributed by atoms with Gasteiger partial charge in [-0.2, -0.15) is 13.2 Å².